The standard InChI is InChI=1S/C44H55N/c1-6-10-13-16-27-41-33-43(32-40(22-12-8-3)44(41)39-25-19-15-20-26-39)45-34(5)37(9-4)30-36-28-35(21-11-7-2)29-42(31-36)38-23-17-14-18-24-38/h14-15,17-20,23-26,28-33H,6-13,16,21-22,27H2,1-5H3. The van der Waals surface area contributed by atoms with E-state index in [-0.39, 0.29) is 0 Å². The number of rotatable bonds is 17. The first-order valence-corrected chi connectivity index (χ1v) is 17.7. The van der Waals surface area contributed by atoms with Crippen LogP contribution in [0.4, 0.5) is 5.69 Å². The van der Waals surface area contributed by atoms with Crippen LogP contribution in [0.25, 0.3) is 28.3 Å². The van der Waals surface area contributed by atoms with Crippen molar-refractivity contribution >= 4 is 17.5 Å². The molecule has 0 amide bonds. The summed E-state index contributed by atoms with van der Waals surface area (Å²) in [4.78, 5) is 5.34. The molecule has 0 aliphatic rings. The van der Waals surface area contributed by atoms with Gasteiger partial charge in [0.2, 0.25) is 0 Å². The molecule has 45 heavy (non-hydrogen) atoms. The average molecular weight is 598 g/mol. The Labute approximate surface area is 274 Å². The number of hydrogen-bond donors (Lipinski definition) is 0. The molecule has 0 N–H and O–H groups in total. The summed E-state index contributed by atoms with van der Waals surface area (Å²) in [5.41, 5.74) is 14.5. The minimum absolute atomic E-state index is 0.948. The molecule has 0 aromatic heterocycles. The van der Waals surface area contributed by atoms with E-state index in [1.165, 1.54) is 101 Å². The number of allylic oxidation sites excluding steroid dienone is 1. The van der Waals surface area contributed by atoms with Gasteiger partial charge in [0, 0.05) is 5.71 Å². The molecule has 0 saturated heterocycles. The Kier molecular flexibility index (Phi) is 13.9. The fraction of sp³-hybridized carbons (Fsp3) is 0.386. The molecule has 0 unspecified atom stereocenters. The zero-order valence-corrected chi connectivity index (χ0v) is 28.7. The highest BCUT2D eigenvalue weighted by Crippen LogP contribution is 2.35. The van der Waals surface area contributed by atoms with Gasteiger partial charge >= 0.3 is 0 Å². The normalized spacial score (nSPS) is 12.1. The van der Waals surface area contributed by atoms with Gasteiger partial charge in [-0.15, -0.1) is 0 Å². The number of aryl methyl sites for hydroxylation is 3. The maximum absolute atomic E-state index is 5.34. The van der Waals surface area contributed by atoms with Gasteiger partial charge in [-0.3, -0.25) is 4.99 Å². The first kappa shape index (κ1) is 34.2. The minimum Gasteiger partial charge on any atom is -0.253 e. The lowest BCUT2D eigenvalue weighted by molar-refractivity contribution is 0.667. The molecule has 4 aromatic carbocycles. The van der Waals surface area contributed by atoms with E-state index in [4.69, 9.17) is 4.99 Å². The topological polar surface area (TPSA) is 12.4 Å². The van der Waals surface area contributed by atoms with Crippen molar-refractivity contribution in [2.45, 2.75) is 112 Å². The summed E-state index contributed by atoms with van der Waals surface area (Å²) in [5, 5.41) is 0. The van der Waals surface area contributed by atoms with Gasteiger partial charge in [0.25, 0.3) is 0 Å². The zero-order chi connectivity index (χ0) is 31.9. The van der Waals surface area contributed by atoms with Crippen molar-refractivity contribution in [3.05, 3.63) is 119 Å². The number of hydrogen-bond acceptors (Lipinski definition) is 1. The third kappa shape index (κ3) is 10.1. The van der Waals surface area contributed by atoms with E-state index >= 15 is 0 Å². The van der Waals surface area contributed by atoms with Gasteiger partial charge in [0.15, 0.2) is 0 Å². The lowest BCUT2D eigenvalue weighted by Crippen LogP contribution is -2.00. The molecule has 0 heterocycles. The fourth-order valence-electron chi connectivity index (χ4n) is 6.35. The third-order valence-corrected chi connectivity index (χ3v) is 8.87. The highest BCUT2D eigenvalue weighted by Gasteiger charge is 2.14. The molecule has 0 bridgehead atoms. The molecule has 236 valence electrons. The molecule has 0 saturated carbocycles. The van der Waals surface area contributed by atoms with Crippen LogP contribution in [0.3, 0.4) is 0 Å². The van der Waals surface area contributed by atoms with Crippen LogP contribution in [-0.4, -0.2) is 5.71 Å². The molecule has 0 aliphatic heterocycles. The van der Waals surface area contributed by atoms with Crippen LogP contribution < -0.4 is 0 Å². The number of nitrogens with zero attached hydrogens (tertiary/aromatic N) is 1. The molecule has 1 nitrogen and oxygen atoms in total. The minimum atomic E-state index is 0.948. The Morgan fingerprint density at radius 2 is 1.18 bits per heavy atom. The van der Waals surface area contributed by atoms with Crippen molar-refractivity contribution in [2.24, 2.45) is 4.99 Å². The van der Waals surface area contributed by atoms with Gasteiger partial charge < -0.3 is 0 Å². The number of aliphatic imine (C=N–C) groups is 1. The van der Waals surface area contributed by atoms with Gasteiger partial charge in [0.05, 0.1) is 5.69 Å². The van der Waals surface area contributed by atoms with Gasteiger partial charge in [-0.25, -0.2) is 0 Å². The molecule has 1 heteroatoms. The van der Waals surface area contributed by atoms with Crippen LogP contribution in [-0.2, 0) is 19.3 Å². The fourth-order valence-corrected chi connectivity index (χ4v) is 6.35. The second kappa shape index (κ2) is 18.3. The smallest absolute Gasteiger partial charge is 0.0638 e. The summed E-state index contributed by atoms with van der Waals surface area (Å²) in [6.45, 7) is 11.3. The summed E-state index contributed by atoms with van der Waals surface area (Å²) in [7, 11) is 0. The summed E-state index contributed by atoms with van der Waals surface area (Å²) >= 11 is 0. The van der Waals surface area contributed by atoms with Crippen LogP contribution in [0, 0.1) is 0 Å². The number of unbranched alkanes of at least 4 members (excludes halogenated alkanes) is 5. The highest BCUT2D eigenvalue weighted by atomic mass is 14.7. The van der Waals surface area contributed by atoms with E-state index in [1.54, 1.807) is 0 Å². The SMILES string of the molecule is CCCCCCc1cc(N=C(C)C(=Cc2cc(CCCC)cc(-c3ccccc3)c2)CC)cc(CCCC)c1-c1ccccc1. The van der Waals surface area contributed by atoms with Crippen LogP contribution in [0.15, 0.2) is 102 Å². The van der Waals surface area contributed by atoms with Gasteiger partial charge in [0.1, 0.15) is 0 Å². The summed E-state index contributed by atoms with van der Waals surface area (Å²) in [6.07, 6.45) is 16.5. The molecule has 0 atom stereocenters. The zero-order valence-electron chi connectivity index (χ0n) is 28.7. The predicted molar refractivity (Wildman–Crippen MR) is 200 cm³/mol. The average Bonchev–Trinajstić information content (AvgIpc) is 3.07. The van der Waals surface area contributed by atoms with Crippen molar-refractivity contribution < 1.29 is 0 Å². The van der Waals surface area contributed by atoms with Crippen molar-refractivity contribution in [1.29, 1.82) is 0 Å². The monoisotopic (exact) mass is 597 g/mol. The van der Waals surface area contributed by atoms with E-state index in [2.05, 4.69) is 132 Å². The second-order valence-corrected chi connectivity index (χ2v) is 12.6. The maximum Gasteiger partial charge on any atom is 0.0638 e. The van der Waals surface area contributed by atoms with Gasteiger partial charge in [-0.05, 0) is 126 Å². The first-order valence-electron chi connectivity index (χ1n) is 17.7. The van der Waals surface area contributed by atoms with Gasteiger partial charge in [-0.2, -0.15) is 0 Å². The second-order valence-electron chi connectivity index (χ2n) is 12.6. The maximum atomic E-state index is 5.34. The molecule has 4 aromatic rings. The van der Waals surface area contributed by atoms with Crippen molar-refractivity contribution in [3.63, 3.8) is 0 Å². The Bertz CT molecular complexity index is 1520. The Hall–Kier alpha value is -3.71. The molecular formula is C44H55N. The summed E-state index contributed by atoms with van der Waals surface area (Å²) < 4.78 is 0. The number of benzene rings is 4. The van der Waals surface area contributed by atoms with E-state index < -0.39 is 0 Å². The highest BCUT2D eigenvalue weighted by molar-refractivity contribution is 6.03. The molecular weight excluding hydrogens is 542 g/mol. The molecule has 0 fully saturated rings. The van der Waals surface area contributed by atoms with E-state index in [0.717, 1.165) is 37.1 Å². The molecule has 0 radical (unpaired) electrons. The van der Waals surface area contributed by atoms with E-state index in [0.29, 0.717) is 0 Å². The Morgan fingerprint density at radius 3 is 1.80 bits per heavy atom. The van der Waals surface area contributed by atoms with Crippen molar-refractivity contribution in [2.75, 3.05) is 0 Å². The molecule has 0 spiro atoms. The lowest BCUT2D eigenvalue weighted by atomic mass is 9.88. The quantitative estimate of drug-likeness (QED) is 0.0848. The van der Waals surface area contributed by atoms with Crippen LogP contribution in [0.5, 0.6) is 0 Å². The van der Waals surface area contributed by atoms with E-state index in [1.807, 2.05) is 0 Å². The Balaban J connectivity index is 1.76. The summed E-state index contributed by atoms with van der Waals surface area (Å²) in [6, 6.07) is 33.7. The largest absolute Gasteiger partial charge is 0.253 e. The lowest BCUT2D eigenvalue weighted by Gasteiger charge is -2.18. The Morgan fingerprint density at radius 1 is 0.578 bits per heavy atom. The van der Waals surface area contributed by atoms with Crippen molar-refractivity contribution in [1.82, 2.24) is 0 Å². The van der Waals surface area contributed by atoms with Crippen LogP contribution in [0.2, 0.25) is 0 Å². The molecule has 4 rings (SSSR count). The van der Waals surface area contributed by atoms with Crippen LogP contribution in [0.1, 0.15) is 115 Å². The first-order chi connectivity index (χ1) is 22.1. The van der Waals surface area contributed by atoms with Gasteiger partial charge in [-0.1, -0.05) is 133 Å². The van der Waals surface area contributed by atoms with Crippen LogP contribution >= 0.6 is 0 Å². The molecule has 0 aliphatic carbocycles. The third-order valence-electron chi connectivity index (χ3n) is 8.87. The van der Waals surface area contributed by atoms with E-state index in [9.17, 15) is 0 Å². The predicted octanol–water partition coefficient (Wildman–Crippen LogP) is 13.4. The van der Waals surface area contributed by atoms with Crippen molar-refractivity contribution in [3.8, 4) is 22.3 Å². The summed E-state index contributed by atoms with van der Waals surface area (Å²) in [5.74, 6) is 0.